The van der Waals surface area contributed by atoms with E-state index in [1.807, 2.05) is 6.92 Å². The largest absolute Gasteiger partial charge is 0.504 e. The van der Waals surface area contributed by atoms with E-state index in [0.29, 0.717) is 6.61 Å². The maximum absolute atomic E-state index is 11.8. The zero-order chi connectivity index (χ0) is 13.5. The molecule has 0 bridgehead atoms. The molecule has 1 rings (SSSR count). The number of phenols is 2. The van der Waals surface area contributed by atoms with Crippen LogP contribution in [-0.4, -0.2) is 29.4 Å². The van der Waals surface area contributed by atoms with Crippen molar-refractivity contribution in [1.82, 2.24) is 0 Å². The van der Waals surface area contributed by atoms with Gasteiger partial charge in [0.1, 0.15) is 11.3 Å². The van der Waals surface area contributed by atoms with E-state index in [1.54, 1.807) is 6.92 Å². The van der Waals surface area contributed by atoms with Crippen LogP contribution in [0.25, 0.3) is 0 Å². The molecule has 18 heavy (non-hydrogen) atoms. The molecule has 0 amide bonds. The van der Waals surface area contributed by atoms with Crippen molar-refractivity contribution in [3.8, 4) is 17.2 Å². The highest BCUT2D eigenvalue weighted by molar-refractivity contribution is 5.96. The van der Waals surface area contributed by atoms with Gasteiger partial charge < -0.3 is 19.7 Å². The van der Waals surface area contributed by atoms with Crippen LogP contribution in [0.5, 0.6) is 17.2 Å². The van der Waals surface area contributed by atoms with E-state index in [9.17, 15) is 15.0 Å². The predicted octanol–water partition coefficient (Wildman–Crippen LogP) is 2.45. The molecule has 0 aliphatic rings. The number of hydrogen-bond donors (Lipinski definition) is 2. The molecule has 0 aromatic heterocycles. The third kappa shape index (κ3) is 3.29. The van der Waals surface area contributed by atoms with Gasteiger partial charge in [-0.1, -0.05) is 13.3 Å². The van der Waals surface area contributed by atoms with Gasteiger partial charge in [-0.25, -0.2) is 4.79 Å². The molecule has 5 heteroatoms. The molecule has 0 spiro atoms. The molecule has 100 valence electrons. The quantitative estimate of drug-likeness (QED) is 0.463. The smallest absolute Gasteiger partial charge is 0.345 e. The first-order chi connectivity index (χ1) is 8.61. The molecule has 2 N–H and O–H groups in total. The second-order valence-corrected chi connectivity index (χ2v) is 3.73. The Morgan fingerprint density at radius 3 is 2.61 bits per heavy atom. The minimum absolute atomic E-state index is 0.132. The molecule has 0 heterocycles. The van der Waals surface area contributed by atoms with Crippen LogP contribution in [0.15, 0.2) is 12.1 Å². The number of carbonyl (C=O) groups excluding carboxylic acids is 1. The number of esters is 1. The van der Waals surface area contributed by atoms with Gasteiger partial charge in [0.05, 0.1) is 13.2 Å². The molecule has 0 saturated heterocycles. The van der Waals surface area contributed by atoms with Gasteiger partial charge in [0.15, 0.2) is 11.5 Å². The number of ether oxygens (including phenoxy) is 2. The second-order valence-electron chi connectivity index (χ2n) is 3.73. The number of phenolic OH excluding ortho intramolecular Hbond substituents is 2. The predicted molar refractivity (Wildman–Crippen MR) is 66.1 cm³/mol. The van der Waals surface area contributed by atoms with Gasteiger partial charge in [-0.15, -0.1) is 0 Å². The van der Waals surface area contributed by atoms with E-state index in [0.717, 1.165) is 12.8 Å². The average Bonchev–Trinajstić information content (AvgIpc) is 2.34. The molecular formula is C13H18O5. The van der Waals surface area contributed by atoms with E-state index in [-0.39, 0.29) is 23.7 Å². The zero-order valence-electron chi connectivity index (χ0n) is 10.6. The lowest BCUT2D eigenvalue weighted by Gasteiger charge is -2.12. The van der Waals surface area contributed by atoms with Crippen molar-refractivity contribution < 1.29 is 24.5 Å². The third-order valence-corrected chi connectivity index (χ3v) is 2.35. The summed E-state index contributed by atoms with van der Waals surface area (Å²) in [6, 6.07) is 2.69. The summed E-state index contributed by atoms with van der Waals surface area (Å²) in [6.07, 6.45) is 1.65. The third-order valence-electron chi connectivity index (χ3n) is 2.35. The molecule has 0 unspecified atom stereocenters. The monoisotopic (exact) mass is 254 g/mol. The Balaban J connectivity index is 2.96. The van der Waals surface area contributed by atoms with Crippen molar-refractivity contribution in [3.63, 3.8) is 0 Å². The van der Waals surface area contributed by atoms with E-state index < -0.39 is 11.7 Å². The fourth-order valence-corrected chi connectivity index (χ4v) is 1.42. The van der Waals surface area contributed by atoms with Gasteiger partial charge in [0, 0.05) is 0 Å². The van der Waals surface area contributed by atoms with E-state index in [1.165, 1.54) is 12.1 Å². The van der Waals surface area contributed by atoms with Crippen LogP contribution < -0.4 is 4.74 Å². The van der Waals surface area contributed by atoms with Crippen LogP contribution in [-0.2, 0) is 4.74 Å². The SMILES string of the molecule is CCCCOC(=O)c1c(OCC)ccc(O)c1O. The van der Waals surface area contributed by atoms with E-state index in [2.05, 4.69) is 0 Å². The highest BCUT2D eigenvalue weighted by Crippen LogP contribution is 2.36. The van der Waals surface area contributed by atoms with Crippen molar-refractivity contribution in [2.24, 2.45) is 0 Å². The van der Waals surface area contributed by atoms with Crippen LogP contribution in [0, 0.1) is 0 Å². The van der Waals surface area contributed by atoms with Gasteiger partial charge in [0.2, 0.25) is 0 Å². The van der Waals surface area contributed by atoms with Crippen molar-refractivity contribution in [3.05, 3.63) is 17.7 Å². The van der Waals surface area contributed by atoms with Crippen LogP contribution in [0.2, 0.25) is 0 Å². The number of rotatable bonds is 6. The summed E-state index contributed by atoms with van der Waals surface area (Å²) < 4.78 is 10.2. The van der Waals surface area contributed by atoms with Crippen LogP contribution in [0.1, 0.15) is 37.0 Å². The summed E-state index contributed by atoms with van der Waals surface area (Å²) in [5.74, 6) is -1.38. The molecule has 0 aliphatic heterocycles. The highest BCUT2D eigenvalue weighted by atomic mass is 16.5. The minimum Gasteiger partial charge on any atom is -0.504 e. The van der Waals surface area contributed by atoms with Gasteiger partial charge >= 0.3 is 5.97 Å². The Bertz CT molecular complexity index is 414. The molecule has 0 aliphatic carbocycles. The van der Waals surface area contributed by atoms with Crippen molar-refractivity contribution in [2.45, 2.75) is 26.7 Å². The van der Waals surface area contributed by atoms with Crippen molar-refractivity contribution >= 4 is 5.97 Å². The van der Waals surface area contributed by atoms with E-state index >= 15 is 0 Å². The maximum atomic E-state index is 11.8. The highest BCUT2D eigenvalue weighted by Gasteiger charge is 2.21. The number of aromatic hydroxyl groups is 2. The fourth-order valence-electron chi connectivity index (χ4n) is 1.42. The topological polar surface area (TPSA) is 76.0 Å². The number of benzene rings is 1. The molecular weight excluding hydrogens is 236 g/mol. The fraction of sp³-hybridized carbons (Fsp3) is 0.462. The zero-order valence-corrected chi connectivity index (χ0v) is 10.6. The normalized spacial score (nSPS) is 10.1. The molecule has 0 fully saturated rings. The van der Waals surface area contributed by atoms with Gasteiger partial charge in [-0.3, -0.25) is 0 Å². The Morgan fingerprint density at radius 2 is 2.00 bits per heavy atom. The van der Waals surface area contributed by atoms with E-state index in [4.69, 9.17) is 9.47 Å². The van der Waals surface area contributed by atoms with Crippen LogP contribution in [0.3, 0.4) is 0 Å². The lowest BCUT2D eigenvalue weighted by atomic mass is 10.1. The first kappa shape index (κ1) is 14.2. The van der Waals surface area contributed by atoms with Crippen LogP contribution >= 0.6 is 0 Å². The molecule has 0 saturated carbocycles. The van der Waals surface area contributed by atoms with Gasteiger partial charge in [0.25, 0.3) is 0 Å². The first-order valence-corrected chi connectivity index (χ1v) is 5.96. The molecule has 0 radical (unpaired) electrons. The molecule has 5 nitrogen and oxygen atoms in total. The summed E-state index contributed by atoms with van der Waals surface area (Å²) in [5, 5.41) is 19.1. The number of hydrogen-bond acceptors (Lipinski definition) is 5. The number of carbonyl (C=O) groups is 1. The van der Waals surface area contributed by atoms with Crippen molar-refractivity contribution in [2.75, 3.05) is 13.2 Å². The Kier molecular flexibility index (Phi) is 5.30. The Hall–Kier alpha value is -1.91. The Labute approximate surface area is 106 Å². The van der Waals surface area contributed by atoms with Crippen LogP contribution in [0.4, 0.5) is 0 Å². The lowest BCUT2D eigenvalue weighted by molar-refractivity contribution is 0.0491. The summed E-state index contributed by atoms with van der Waals surface area (Å²) in [5.41, 5.74) is -0.132. The summed E-state index contributed by atoms with van der Waals surface area (Å²) in [4.78, 5) is 11.8. The summed E-state index contributed by atoms with van der Waals surface area (Å²) >= 11 is 0. The summed E-state index contributed by atoms with van der Waals surface area (Å²) in [6.45, 7) is 4.36. The molecule has 0 atom stereocenters. The molecule has 1 aromatic carbocycles. The van der Waals surface area contributed by atoms with Gasteiger partial charge in [-0.2, -0.15) is 0 Å². The van der Waals surface area contributed by atoms with Gasteiger partial charge in [-0.05, 0) is 25.5 Å². The minimum atomic E-state index is -0.694. The lowest BCUT2D eigenvalue weighted by Crippen LogP contribution is -2.09. The maximum Gasteiger partial charge on any atom is 0.345 e. The average molecular weight is 254 g/mol. The standard InChI is InChI=1S/C13H18O5/c1-3-5-8-18-13(16)11-10(17-4-2)7-6-9(14)12(11)15/h6-7,14-15H,3-5,8H2,1-2H3. The second kappa shape index (κ2) is 6.74. The van der Waals surface area contributed by atoms with Crippen molar-refractivity contribution in [1.29, 1.82) is 0 Å². The summed E-state index contributed by atoms with van der Waals surface area (Å²) in [7, 11) is 0. The first-order valence-electron chi connectivity index (χ1n) is 5.96. The Morgan fingerprint density at radius 1 is 1.28 bits per heavy atom. The number of unbranched alkanes of at least 4 members (excludes halogenated alkanes) is 1. The molecule has 1 aromatic rings.